The molecular formula is C3H9NO3. The van der Waals surface area contributed by atoms with E-state index < -0.39 is 5.91 Å². The lowest BCUT2D eigenvalue weighted by Crippen LogP contribution is -2.12. The Balaban J connectivity index is 0. The van der Waals surface area contributed by atoms with Gasteiger partial charge in [-0.25, -0.2) is 5.48 Å². The summed E-state index contributed by atoms with van der Waals surface area (Å²) in [4.78, 5) is 9.45. The molecule has 0 heterocycles. The third-order valence-corrected chi connectivity index (χ3v) is 0.157. The first-order valence-electron chi connectivity index (χ1n) is 1.62. The van der Waals surface area contributed by atoms with E-state index in [1.165, 1.54) is 12.4 Å². The third-order valence-electron chi connectivity index (χ3n) is 0.157. The highest BCUT2D eigenvalue weighted by atomic mass is 16.5. The van der Waals surface area contributed by atoms with Crippen molar-refractivity contribution in [3.05, 3.63) is 0 Å². The molecular weight excluding hydrogens is 98.0 g/mol. The highest BCUT2D eigenvalue weighted by Gasteiger charge is 1.74. The van der Waals surface area contributed by atoms with Gasteiger partial charge in [-0.15, -0.1) is 0 Å². The SMILES string of the molecule is CC(=O)NO.CO. The van der Waals surface area contributed by atoms with Gasteiger partial charge in [0, 0.05) is 14.0 Å². The molecule has 0 unspecified atom stereocenters. The number of hydrogen-bond acceptors (Lipinski definition) is 3. The summed E-state index contributed by atoms with van der Waals surface area (Å²) in [5, 5.41) is 14.5. The fourth-order valence-corrected chi connectivity index (χ4v) is 0. The molecule has 4 heteroatoms. The Bertz CT molecular complexity index is 45.4. The largest absolute Gasteiger partial charge is 0.400 e. The van der Waals surface area contributed by atoms with Crippen molar-refractivity contribution in [2.45, 2.75) is 6.92 Å². The van der Waals surface area contributed by atoms with Gasteiger partial charge in [0.2, 0.25) is 5.91 Å². The van der Waals surface area contributed by atoms with Gasteiger partial charge in [0.25, 0.3) is 0 Å². The quantitative estimate of drug-likeness (QED) is 0.278. The number of amides is 1. The summed E-state index contributed by atoms with van der Waals surface area (Å²) >= 11 is 0. The molecule has 0 radical (unpaired) electrons. The van der Waals surface area contributed by atoms with E-state index in [1.807, 2.05) is 0 Å². The summed E-state index contributed by atoms with van der Waals surface area (Å²) in [6, 6.07) is 0. The number of rotatable bonds is 0. The molecule has 0 rings (SSSR count). The second-order valence-corrected chi connectivity index (χ2v) is 0.668. The zero-order chi connectivity index (χ0) is 6.28. The Kier molecular flexibility index (Phi) is 12.4. The minimum absolute atomic E-state index is 0.440. The zero-order valence-electron chi connectivity index (χ0n) is 4.30. The van der Waals surface area contributed by atoms with Crippen molar-refractivity contribution in [1.29, 1.82) is 0 Å². The number of hydrogen-bond donors (Lipinski definition) is 3. The van der Waals surface area contributed by atoms with Crippen LogP contribution in [0.25, 0.3) is 0 Å². The minimum Gasteiger partial charge on any atom is -0.400 e. The van der Waals surface area contributed by atoms with Crippen LogP contribution in [0, 0.1) is 0 Å². The predicted molar refractivity (Wildman–Crippen MR) is 23.7 cm³/mol. The van der Waals surface area contributed by atoms with E-state index in [9.17, 15) is 4.79 Å². The van der Waals surface area contributed by atoms with Crippen LogP contribution >= 0.6 is 0 Å². The summed E-state index contributed by atoms with van der Waals surface area (Å²) in [6.45, 7) is 1.22. The second kappa shape index (κ2) is 9.04. The Labute approximate surface area is 41.7 Å². The number of aliphatic hydroxyl groups excluding tert-OH is 1. The normalized spacial score (nSPS) is 5.71. The summed E-state index contributed by atoms with van der Waals surface area (Å²) in [7, 11) is 1.00. The van der Waals surface area contributed by atoms with Crippen LogP contribution in [-0.2, 0) is 4.79 Å². The Morgan fingerprint density at radius 3 is 1.71 bits per heavy atom. The molecule has 1 amide bonds. The van der Waals surface area contributed by atoms with Crippen LogP contribution in [-0.4, -0.2) is 23.3 Å². The summed E-state index contributed by atoms with van der Waals surface area (Å²) in [5.74, 6) is -0.440. The predicted octanol–water partition coefficient (Wildman–Crippen LogP) is -0.880. The first-order chi connectivity index (χ1) is 3.27. The summed E-state index contributed by atoms with van der Waals surface area (Å²) in [6.07, 6.45) is 0. The third kappa shape index (κ3) is 32.1. The molecule has 0 aromatic rings. The van der Waals surface area contributed by atoms with E-state index in [2.05, 4.69) is 0 Å². The number of carbonyl (C=O) groups is 1. The molecule has 4 nitrogen and oxygen atoms in total. The zero-order valence-corrected chi connectivity index (χ0v) is 4.30. The first kappa shape index (κ1) is 9.63. The summed E-state index contributed by atoms with van der Waals surface area (Å²) in [5.41, 5.74) is 1.39. The Morgan fingerprint density at radius 1 is 1.57 bits per heavy atom. The van der Waals surface area contributed by atoms with Gasteiger partial charge in [-0.2, -0.15) is 0 Å². The van der Waals surface area contributed by atoms with Crippen LogP contribution < -0.4 is 5.48 Å². The van der Waals surface area contributed by atoms with Crippen molar-refractivity contribution in [2.24, 2.45) is 0 Å². The van der Waals surface area contributed by atoms with E-state index in [0.717, 1.165) is 7.11 Å². The van der Waals surface area contributed by atoms with Crippen LogP contribution in [0.2, 0.25) is 0 Å². The molecule has 0 spiro atoms. The van der Waals surface area contributed by atoms with Crippen LogP contribution in [0.15, 0.2) is 0 Å². The van der Waals surface area contributed by atoms with Crippen LogP contribution in [0.3, 0.4) is 0 Å². The molecule has 0 aromatic carbocycles. The van der Waals surface area contributed by atoms with Gasteiger partial charge < -0.3 is 5.11 Å². The smallest absolute Gasteiger partial charge is 0.240 e. The van der Waals surface area contributed by atoms with E-state index >= 15 is 0 Å². The molecule has 0 atom stereocenters. The molecule has 0 aliphatic heterocycles. The lowest BCUT2D eigenvalue weighted by molar-refractivity contribution is -0.126. The van der Waals surface area contributed by atoms with Crippen molar-refractivity contribution in [1.82, 2.24) is 5.48 Å². The molecule has 0 saturated carbocycles. The molecule has 0 bridgehead atoms. The Hall–Kier alpha value is -0.610. The maximum atomic E-state index is 9.45. The molecule has 0 aromatic heterocycles. The van der Waals surface area contributed by atoms with E-state index in [-0.39, 0.29) is 0 Å². The Morgan fingerprint density at radius 2 is 1.71 bits per heavy atom. The lowest BCUT2D eigenvalue weighted by atomic mass is 10.8. The van der Waals surface area contributed by atoms with E-state index in [4.69, 9.17) is 10.3 Å². The number of carbonyl (C=O) groups excluding carboxylic acids is 1. The van der Waals surface area contributed by atoms with Gasteiger partial charge >= 0.3 is 0 Å². The fraction of sp³-hybridized carbons (Fsp3) is 0.667. The standard InChI is InChI=1S/C2H5NO2.CH4O/c1-2(4)3-5;1-2/h5H,1H3,(H,3,4);2H,1H3. The van der Waals surface area contributed by atoms with Gasteiger partial charge in [-0.05, 0) is 0 Å². The van der Waals surface area contributed by atoms with Crippen molar-refractivity contribution >= 4 is 5.91 Å². The molecule has 44 valence electrons. The van der Waals surface area contributed by atoms with E-state index in [0.29, 0.717) is 0 Å². The van der Waals surface area contributed by atoms with Gasteiger partial charge in [-0.3, -0.25) is 10.0 Å². The maximum absolute atomic E-state index is 9.45. The van der Waals surface area contributed by atoms with Crippen LogP contribution in [0.4, 0.5) is 0 Å². The molecule has 7 heavy (non-hydrogen) atoms. The molecule has 0 fully saturated rings. The summed E-state index contributed by atoms with van der Waals surface area (Å²) < 4.78 is 0. The van der Waals surface area contributed by atoms with Crippen molar-refractivity contribution in [2.75, 3.05) is 7.11 Å². The topological polar surface area (TPSA) is 69.6 Å². The van der Waals surface area contributed by atoms with Crippen LogP contribution in [0.5, 0.6) is 0 Å². The van der Waals surface area contributed by atoms with Crippen molar-refractivity contribution < 1.29 is 15.1 Å². The maximum Gasteiger partial charge on any atom is 0.240 e. The number of hydroxylamine groups is 1. The number of aliphatic hydroxyl groups is 1. The molecule has 3 N–H and O–H groups in total. The highest BCUT2D eigenvalue weighted by molar-refractivity contribution is 5.71. The average molecular weight is 107 g/mol. The van der Waals surface area contributed by atoms with Gasteiger partial charge in [0.1, 0.15) is 0 Å². The van der Waals surface area contributed by atoms with Gasteiger partial charge in [0.15, 0.2) is 0 Å². The van der Waals surface area contributed by atoms with Gasteiger partial charge in [0.05, 0.1) is 0 Å². The van der Waals surface area contributed by atoms with E-state index in [1.54, 1.807) is 0 Å². The average Bonchev–Trinajstić information content (AvgIpc) is 1.73. The number of nitrogens with one attached hydrogen (secondary N) is 1. The fourth-order valence-electron chi connectivity index (χ4n) is 0. The molecule has 0 saturated heterocycles. The lowest BCUT2D eigenvalue weighted by Gasteiger charge is -1.78. The minimum atomic E-state index is -0.440. The highest BCUT2D eigenvalue weighted by Crippen LogP contribution is 1.44. The first-order valence-corrected chi connectivity index (χ1v) is 1.62. The monoisotopic (exact) mass is 107 g/mol. The van der Waals surface area contributed by atoms with Gasteiger partial charge in [-0.1, -0.05) is 0 Å². The second-order valence-electron chi connectivity index (χ2n) is 0.668. The van der Waals surface area contributed by atoms with Crippen molar-refractivity contribution in [3.8, 4) is 0 Å². The molecule has 0 aliphatic carbocycles. The molecule has 0 aliphatic rings. The van der Waals surface area contributed by atoms with Crippen LogP contribution in [0.1, 0.15) is 6.92 Å². The van der Waals surface area contributed by atoms with Crippen molar-refractivity contribution in [3.63, 3.8) is 0 Å².